The first kappa shape index (κ1) is 17.0. The highest BCUT2D eigenvalue weighted by Crippen LogP contribution is 2.29. The van der Waals surface area contributed by atoms with Gasteiger partial charge in [-0.05, 0) is 43.6 Å². The van der Waals surface area contributed by atoms with Crippen LogP contribution in [0.2, 0.25) is 0 Å². The van der Waals surface area contributed by atoms with Crippen LogP contribution in [0.25, 0.3) is 16.5 Å². The molecule has 4 nitrogen and oxygen atoms in total. The van der Waals surface area contributed by atoms with Crippen LogP contribution in [0.1, 0.15) is 25.3 Å². The van der Waals surface area contributed by atoms with Crippen LogP contribution in [-0.2, 0) is 4.74 Å². The fraction of sp³-hybridized carbons (Fsp3) is 0.421. The van der Waals surface area contributed by atoms with E-state index in [1.807, 2.05) is 6.92 Å². The zero-order valence-corrected chi connectivity index (χ0v) is 15.0. The Morgan fingerprint density at radius 3 is 3.04 bits per heavy atom. The number of H-pyrrole nitrogens is 1. The Morgan fingerprint density at radius 1 is 1.38 bits per heavy atom. The van der Waals surface area contributed by atoms with Gasteiger partial charge in [0.15, 0.2) is 5.11 Å². The van der Waals surface area contributed by atoms with E-state index in [0.29, 0.717) is 0 Å². The van der Waals surface area contributed by atoms with Crippen molar-refractivity contribution in [2.45, 2.75) is 19.8 Å². The summed E-state index contributed by atoms with van der Waals surface area (Å²) in [5.41, 5.74) is 3.92. The van der Waals surface area contributed by atoms with Gasteiger partial charge >= 0.3 is 0 Å². The first-order valence-corrected chi connectivity index (χ1v) is 9.06. The topological polar surface area (TPSA) is 40.3 Å². The number of ether oxygens (including phenoxy) is 1. The highest BCUT2D eigenvalue weighted by atomic mass is 32.1. The summed E-state index contributed by atoms with van der Waals surface area (Å²) in [6.07, 6.45) is 6.42. The summed E-state index contributed by atoms with van der Waals surface area (Å²) in [5, 5.41) is 5.48. The van der Waals surface area contributed by atoms with Gasteiger partial charge in [0.05, 0.1) is 0 Å². The van der Waals surface area contributed by atoms with E-state index in [1.165, 1.54) is 22.0 Å². The smallest absolute Gasteiger partial charge is 0.169 e. The number of hydrogen-bond donors (Lipinski definition) is 2. The summed E-state index contributed by atoms with van der Waals surface area (Å²) in [6.45, 7) is 6.28. The molecule has 2 heterocycles. The SMILES string of the molecule is CCOCCCNC(=S)N1CC=C(c2c[nH]c3ccccc23)CC1. The lowest BCUT2D eigenvalue weighted by Gasteiger charge is -2.29. The molecule has 1 aromatic heterocycles. The van der Waals surface area contributed by atoms with Crippen LogP contribution in [0.4, 0.5) is 0 Å². The van der Waals surface area contributed by atoms with Gasteiger partial charge in [-0.25, -0.2) is 0 Å². The third kappa shape index (κ3) is 3.97. The van der Waals surface area contributed by atoms with E-state index < -0.39 is 0 Å². The minimum absolute atomic E-state index is 0.776. The zero-order valence-electron chi connectivity index (χ0n) is 14.2. The minimum atomic E-state index is 0.776. The molecule has 0 amide bonds. The Kier molecular flexibility index (Phi) is 5.88. The van der Waals surface area contributed by atoms with Crippen LogP contribution in [-0.4, -0.2) is 47.8 Å². The van der Waals surface area contributed by atoms with Gasteiger partial charge in [0.25, 0.3) is 0 Å². The van der Waals surface area contributed by atoms with Crippen molar-refractivity contribution >= 4 is 33.8 Å². The molecule has 128 valence electrons. The summed E-state index contributed by atoms with van der Waals surface area (Å²) < 4.78 is 5.34. The monoisotopic (exact) mass is 343 g/mol. The number of thiocarbonyl (C=S) groups is 1. The number of para-hydroxylation sites is 1. The van der Waals surface area contributed by atoms with Gasteiger partial charge in [-0.3, -0.25) is 0 Å². The third-order valence-electron chi connectivity index (χ3n) is 4.38. The predicted molar refractivity (Wildman–Crippen MR) is 104 cm³/mol. The van der Waals surface area contributed by atoms with Gasteiger partial charge in [-0.1, -0.05) is 24.3 Å². The van der Waals surface area contributed by atoms with E-state index in [9.17, 15) is 0 Å². The largest absolute Gasteiger partial charge is 0.382 e. The van der Waals surface area contributed by atoms with E-state index in [1.54, 1.807) is 0 Å². The number of nitrogens with one attached hydrogen (secondary N) is 2. The quantitative estimate of drug-likeness (QED) is 0.621. The van der Waals surface area contributed by atoms with E-state index in [4.69, 9.17) is 17.0 Å². The Balaban J connectivity index is 1.55. The van der Waals surface area contributed by atoms with Crippen molar-refractivity contribution in [1.29, 1.82) is 0 Å². The lowest BCUT2D eigenvalue weighted by atomic mass is 9.99. The normalized spacial score (nSPS) is 14.7. The molecule has 0 bridgehead atoms. The fourth-order valence-electron chi connectivity index (χ4n) is 3.06. The number of nitrogens with zero attached hydrogens (tertiary/aromatic N) is 1. The number of rotatable bonds is 6. The van der Waals surface area contributed by atoms with Crippen molar-refractivity contribution in [3.05, 3.63) is 42.1 Å². The fourth-order valence-corrected chi connectivity index (χ4v) is 3.33. The summed E-state index contributed by atoms with van der Waals surface area (Å²) in [5.74, 6) is 0. The van der Waals surface area contributed by atoms with E-state index >= 15 is 0 Å². The lowest BCUT2D eigenvalue weighted by molar-refractivity contribution is 0.145. The molecule has 0 unspecified atom stereocenters. The first-order chi connectivity index (χ1) is 11.8. The molecule has 1 aliphatic rings. The van der Waals surface area contributed by atoms with Crippen LogP contribution >= 0.6 is 12.2 Å². The molecule has 24 heavy (non-hydrogen) atoms. The molecule has 1 aliphatic heterocycles. The van der Waals surface area contributed by atoms with Crippen LogP contribution < -0.4 is 5.32 Å². The second-order valence-corrected chi connectivity index (χ2v) is 6.34. The summed E-state index contributed by atoms with van der Waals surface area (Å²) in [4.78, 5) is 5.59. The number of benzene rings is 1. The average molecular weight is 343 g/mol. The molecule has 3 rings (SSSR count). The molecule has 0 spiro atoms. The van der Waals surface area contributed by atoms with Crippen molar-refractivity contribution in [1.82, 2.24) is 15.2 Å². The second kappa shape index (κ2) is 8.31. The molecule has 0 saturated carbocycles. The maximum atomic E-state index is 5.51. The number of fused-ring (bicyclic) bond motifs is 1. The molecular weight excluding hydrogens is 318 g/mol. The first-order valence-electron chi connectivity index (χ1n) is 8.65. The van der Waals surface area contributed by atoms with Gasteiger partial charge in [0.2, 0.25) is 0 Å². The average Bonchev–Trinajstić information content (AvgIpc) is 3.05. The van der Waals surface area contributed by atoms with E-state index in [2.05, 4.69) is 51.7 Å². The Labute approximate surface area is 148 Å². The van der Waals surface area contributed by atoms with Crippen LogP contribution in [0, 0.1) is 0 Å². The van der Waals surface area contributed by atoms with Crippen molar-refractivity contribution in [2.75, 3.05) is 32.8 Å². The number of aromatic nitrogens is 1. The van der Waals surface area contributed by atoms with Gasteiger partial charge in [-0.2, -0.15) is 0 Å². The molecular formula is C19H25N3OS. The van der Waals surface area contributed by atoms with Crippen LogP contribution in [0.5, 0.6) is 0 Å². The van der Waals surface area contributed by atoms with E-state index in [-0.39, 0.29) is 0 Å². The van der Waals surface area contributed by atoms with Crippen molar-refractivity contribution < 1.29 is 4.74 Å². The molecule has 2 aromatic rings. The predicted octanol–water partition coefficient (Wildman–Crippen LogP) is 3.56. The molecule has 0 radical (unpaired) electrons. The number of hydrogen-bond acceptors (Lipinski definition) is 2. The Bertz CT molecular complexity index is 722. The molecule has 0 atom stereocenters. The Hall–Kier alpha value is -1.85. The van der Waals surface area contributed by atoms with Gasteiger partial charge in [0.1, 0.15) is 0 Å². The molecule has 5 heteroatoms. The highest BCUT2D eigenvalue weighted by Gasteiger charge is 2.17. The minimum Gasteiger partial charge on any atom is -0.382 e. The highest BCUT2D eigenvalue weighted by molar-refractivity contribution is 7.80. The lowest BCUT2D eigenvalue weighted by Crippen LogP contribution is -2.42. The van der Waals surface area contributed by atoms with Crippen molar-refractivity contribution in [3.63, 3.8) is 0 Å². The second-order valence-electron chi connectivity index (χ2n) is 5.96. The summed E-state index contributed by atoms with van der Waals surface area (Å²) in [6, 6.07) is 8.46. The number of aromatic amines is 1. The van der Waals surface area contributed by atoms with Crippen molar-refractivity contribution in [3.8, 4) is 0 Å². The van der Waals surface area contributed by atoms with Gasteiger partial charge in [-0.15, -0.1) is 0 Å². The standard InChI is InChI=1S/C19H25N3OS/c1-2-23-13-5-10-20-19(24)22-11-8-15(9-12-22)17-14-21-18-7-4-3-6-16(17)18/h3-4,6-8,14,21H,2,5,9-13H2,1H3,(H,20,24). The molecule has 0 fully saturated rings. The summed E-state index contributed by atoms with van der Waals surface area (Å²) in [7, 11) is 0. The van der Waals surface area contributed by atoms with E-state index in [0.717, 1.165) is 50.8 Å². The van der Waals surface area contributed by atoms with Crippen molar-refractivity contribution in [2.24, 2.45) is 0 Å². The molecule has 0 aliphatic carbocycles. The molecule has 2 N–H and O–H groups in total. The van der Waals surface area contributed by atoms with Gasteiger partial charge < -0.3 is 19.9 Å². The molecule has 0 saturated heterocycles. The summed E-state index contributed by atoms with van der Waals surface area (Å²) >= 11 is 5.51. The van der Waals surface area contributed by atoms with Gasteiger partial charge in [0, 0.05) is 55.5 Å². The van der Waals surface area contributed by atoms with Crippen LogP contribution in [0.15, 0.2) is 36.5 Å². The maximum absolute atomic E-state index is 5.51. The maximum Gasteiger partial charge on any atom is 0.169 e. The third-order valence-corrected chi connectivity index (χ3v) is 4.78. The zero-order chi connectivity index (χ0) is 16.8. The van der Waals surface area contributed by atoms with Crippen LogP contribution in [0.3, 0.4) is 0 Å². The molecule has 1 aromatic carbocycles. The Morgan fingerprint density at radius 2 is 2.25 bits per heavy atom.